The maximum Gasteiger partial charge on any atom is 0.252 e. The molecule has 5 nitrogen and oxygen atoms in total. The van der Waals surface area contributed by atoms with Crippen molar-refractivity contribution in [3.05, 3.63) is 51.9 Å². The topological polar surface area (TPSA) is 61.0 Å². The molecule has 2 aromatic rings. The number of nitrogens with zero attached hydrogens (tertiary/aromatic N) is 2. The van der Waals surface area contributed by atoms with E-state index < -0.39 is 0 Å². The minimum absolute atomic E-state index is 0.142. The Morgan fingerprint density at radius 3 is 2.59 bits per heavy atom. The number of aryl methyl sites for hydroxylation is 1. The number of rotatable bonds is 4. The van der Waals surface area contributed by atoms with Gasteiger partial charge in [0.05, 0.1) is 0 Å². The third-order valence-electron chi connectivity index (χ3n) is 3.94. The SMILES string of the molecule is Cc1cc(=O)[nH]c(Nc2ccc(CN3CCCCC3)cc2)n1. The number of anilines is 2. The Morgan fingerprint density at radius 2 is 1.91 bits per heavy atom. The Bertz CT molecular complexity index is 672. The molecule has 0 atom stereocenters. The minimum atomic E-state index is -0.142. The molecule has 3 rings (SSSR count). The van der Waals surface area contributed by atoms with E-state index in [-0.39, 0.29) is 5.56 Å². The van der Waals surface area contributed by atoms with E-state index in [1.165, 1.54) is 44.0 Å². The number of likely N-dealkylation sites (tertiary alicyclic amines) is 1. The summed E-state index contributed by atoms with van der Waals surface area (Å²) in [4.78, 5) is 20.9. The van der Waals surface area contributed by atoms with Crippen molar-refractivity contribution in [1.82, 2.24) is 14.9 Å². The summed E-state index contributed by atoms with van der Waals surface area (Å²) in [6.45, 7) is 5.23. The average molecular weight is 298 g/mol. The molecule has 2 N–H and O–H groups in total. The van der Waals surface area contributed by atoms with Crippen LogP contribution in [0.1, 0.15) is 30.5 Å². The first-order chi connectivity index (χ1) is 10.7. The van der Waals surface area contributed by atoms with E-state index in [2.05, 4.69) is 32.3 Å². The Hall–Kier alpha value is -2.14. The lowest BCUT2D eigenvalue weighted by molar-refractivity contribution is 0.221. The summed E-state index contributed by atoms with van der Waals surface area (Å²) in [5, 5.41) is 3.14. The molecule has 0 radical (unpaired) electrons. The second-order valence-electron chi connectivity index (χ2n) is 5.89. The number of aromatic amines is 1. The van der Waals surface area contributed by atoms with Crippen LogP contribution in [0.2, 0.25) is 0 Å². The van der Waals surface area contributed by atoms with Crippen molar-refractivity contribution in [2.75, 3.05) is 18.4 Å². The Kier molecular flexibility index (Phi) is 4.53. The van der Waals surface area contributed by atoms with E-state index in [0.29, 0.717) is 11.6 Å². The van der Waals surface area contributed by atoms with Gasteiger partial charge in [-0.1, -0.05) is 18.6 Å². The summed E-state index contributed by atoms with van der Waals surface area (Å²) >= 11 is 0. The fourth-order valence-electron chi connectivity index (χ4n) is 2.84. The molecule has 2 heterocycles. The molecular formula is C17H22N4O. The summed E-state index contributed by atoms with van der Waals surface area (Å²) in [5.41, 5.74) is 2.80. The monoisotopic (exact) mass is 298 g/mol. The van der Waals surface area contributed by atoms with Gasteiger partial charge in [-0.3, -0.25) is 14.7 Å². The number of hydrogen-bond donors (Lipinski definition) is 2. The average Bonchev–Trinajstić information content (AvgIpc) is 2.49. The van der Waals surface area contributed by atoms with Crippen molar-refractivity contribution in [2.45, 2.75) is 32.7 Å². The van der Waals surface area contributed by atoms with Crippen LogP contribution in [-0.4, -0.2) is 28.0 Å². The molecule has 0 amide bonds. The smallest absolute Gasteiger partial charge is 0.252 e. The van der Waals surface area contributed by atoms with Gasteiger partial charge in [0.15, 0.2) is 0 Å². The zero-order valence-electron chi connectivity index (χ0n) is 12.9. The molecule has 5 heteroatoms. The van der Waals surface area contributed by atoms with Crippen LogP contribution in [0.5, 0.6) is 0 Å². The molecule has 1 aliphatic heterocycles. The van der Waals surface area contributed by atoms with Gasteiger partial charge in [-0.15, -0.1) is 0 Å². The lowest BCUT2D eigenvalue weighted by Gasteiger charge is -2.26. The standard InChI is InChI=1S/C17H22N4O/c1-13-11-16(22)20-17(18-13)19-15-7-5-14(6-8-15)12-21-9-3-2-4-10-21/h5-8,11H,2-4,9-10,12H2,1H3,(H2,18,19,20,22). The third-order valence-corrected chi connectivity index (χ3v) is 3.94. The second kappa shape index (κ2) is 6.75. The molecule has 22 heavy (non-hydrogen) atoms. The summed E-state index contributed by atoms with van der Waals surface area (Å²) in [6, 6.07) is 9.80. The van der Waals surface area contributed by atoms with Crippen LogP contribution in [0.25, 0.3) is 0 Å². The van der Waals surface area contributed by atoms with E-state index in [1.54, 1.807) is 0 Å². The van der Waals surface area contributed by atoms with E-state index in [4.69, 9.17) is 0 Å². The molecule has 1 aliphatic rings. The highest BCUT2D eigenvalue weighted by atomic mass is 16.1. The molecule has 1 fully saturated rings. The van der Waals surface area contributed by atoms with Crippen LogP contribution in [0.4, 0.5) is 11.6 Å². The summed E-state index contributed by atoms with van der Waals surface area (Å²) in [5.74, 6) is 0.480. The first kappa shape index (κ1) is 14.8. The fraction of sp³-hybridized carbons (Fsp3) is 0.412. The zero-order chi connectivity index (χ0) is 15.4. The second-order valence-corrected chi connectivity index (χ2v) is 5.89. The van der Waals surface area contributed by atoms with Gasteiger partial charge in [-0.2, -0.15) is 0 Å². The van der Waals surface area contributed by atoms with Crippen LogP contribution in [-0.2, 0) is 6.54 Å². The van der Waals surface area contributed by atoms with Gasteiger partial charge in [0.1, 0.15) is 0 Å². The van der Waals surface area contributed by atoms with Gasteiger partial charge in [0, 0.05) is 24.0 Å². The predicted octanol–water partition coefficient (Wildman–Crippen LogP) is 2.81. The van der Waals surface area contributed by atoms with Crippen molar-refractivity contribution in [1.29, 1.82) is 0 Å². The minimum Gasteiger partial charge on any atom is -0.326 e. The molecule has 0 saturated carbocycles. The maximum atomic E-state index is 11.4. The molecule has 0 unspecified atom stereocenters. The normalized spacial score (nSPS) is 15.7. The lowest BCUT2D eigenvalue weighted by atomic mass is 10.1. The zero-order valence-corrected chi connectivity index (χ0v) is 12.9. The van der Waals surface area contributed by atoms with Crippen molar-refractivity contribution in [2.24, 2.45) is 0 Å². The van der Waals surface area contributed by atoms with Gasteiger partial charge >= 0.3 is 0 Å². The Balaban J connectivity index is 1.64. The summed E-state index contributed by atoms with van der Waals surface area (Å²) < 4.78 is 0. The molecule has 0 bridgehead atoms. The molecule has 0 aliphatic carbocycles. The number of H-pyrrole nitrogens is 1. The summed E-state index contributed by atoms with van der Waals surface area (Å²) in [7, 11) is 0. The van der Waals surface area contributed by atoms with Crippen LogP contribution < -0.4 is 10.9 Å². The first-order valence-electron chi connectivity index (χ1n) is 7.85. The van der Waals surface area contributed by atoms with Crippen LogP contribution in [0.15, 0.2) is 35.1 Å². The van der Waals surface area contributed by atoms with Crippen molar-refractivity contribution in [3.63, 3.8) is 0 Å². The fourth-order valence-corrected chi connectivity index (χ4v) is 2.84. The molecule has 116 valence electrons. The van der Waals surface area contributed by atoms with E-state index >= 15 is 0 Å². The van der Waals surface area contributed by atoms with Crippen LogP contribution in [0, 0.1) is 6.92 Å². The van der Waals surface area contributed by atoms with Crippen LogP contribution >= 0.6 is 0 Å². The maximum absolute atomic E-state index is 11.4. The lowest BCUT2D eigenvalue weighted by Crippen LogP contribution is -2.29. The molecular weight excluding hydrogens is 276 g/mol. The number of aromatic nitrogens is 2. The molecule has 1 saturated heterocycles. The van der Waals surface area contributed by atoms with E-state index in [0.717, 1.165) is 12.2 Å². The van der Waals surface area contributed by atoms with Gasteiger partial charge in [0.2, 0.25) is 5.95 Å². The van der Waals surface area contributed by atoms with Crippen LogP contribution in [0.3, 0.4) is 0 Å². The van der Waals surface area contributed by atoms with Crippen molar-refractivity contribution in [3.8, 4) is 0 Å². The highest BCUT2D eigenvalue weighted by Crippen LogP contribution is 2.16. The number of benzene rings is 1. The number of piperidine rings is 1. The molecule has 1 aromatic carbocycles. The third kappa shape index (κ3) is 3.95. The first-order valence-corrected chi connectivity index (χ1v) is 7.85. The Labute approximate surface area is 130 Å². The van der Waals surface area contributed by atoms with Gasteiger partial charge < -0.3 is 5.32 Å². The predicted molar refractivity (Wildman–Crippen MR) is 88.4 cm³/mol. The highest BCUT2D eigenvalue weighted by Gasteiger charge is 2.10. The summed E-state index contributed by atoms with van der Waals surface area (Å²) in [6.07, 6.45) is 3.99. The Morgan fingerprint density at radius 1 is 1.18 bits per heavy atom. The van der Waals surface area contributed by atoms with E-state index in [9.17, 15) is 4.79 Å². The highest BCUT2D eigenvalue weighted by molar-refractivity contribution is 5.53. The molecule has 0 spiro atoms. The van der Waals surface area contributed by atoms with Gasteiger partial charge in [0.25, 0.3) is 5.56 Å². The van der Waals surface area contributed by atoms with Crippen molar-refractivity contribution >= 4 is 11.6 Å². The van der Waals surface area contributed by atoms with Gasteiger partial charge in [-0.25, -0.2) is 4.98 Å². The quantitative estimate of drug-likeness (QED) is 0.911. The number of nitrogens with one attached hydrogen (secondary N) is 2. The van der Waals surface area contributed by atoms with Gasteiger partial charge in [-0.05, 0) is 50.6 Å². The van der Waals surface area contributed by atoms with E-state index in [1.807, 2.05) is 19.1 Å². The van der Waals surface area contributed by atoms with Crippen molar-refractivity contribution < 1.29 is 0 Å². The molecule has 1 aromatic heterocycles. The largest absolute Gasteiger partial charge is 0.326 e. The number of hydrogen-bond acceptors (Lipinski definition) is 4.